The SMILES string of the molecule is CC(=O)N1CCN(C(=O)CN2C(=O)N[C@H](C3CCCCC3)C2=O)CC1. The molecule has 25 heavy (non-hydrogen) atoms. The van der Waals surface area contributed by atoms with Gasteiger partial charge in [-0.25, -0.2) is 4.79 Å². The van der Waals surface area contributed by atoms with Gasteiger partial charge in [-0.05, 0) is 18.8 Å². The van der Waals surface area contributed by atoms with Crippen LogP contribution >= 0.6 is 0 Å². The Kier molecular flexibility index (Phi) is 5.24. The molecule has 3 fully saturated rings. The van der Waals surface area contributed by atoms with Gasteiger partial charge in [0.1, 0.15) is 12.6 Å². The van der Waals surface area contributed by atoms with Crippen LogP contribution in [0.25, 0.3) is 0 Å². The second-order valence-electron chi connectivity index (χ2n) is 7.14. The Morgan fingerprint density at radius 3 is 2.20 bits per heavy atom. The molecule has 1 N–H and O–H groups in total. The number of carbonyl (C=O) groups is 4. The van der Waals surface area contributed by atoms with E-state index in [1.165, 1.54) is 13.3 Å². The monoisotopic (exact) mass is 350 g/mol. The average Bonchev–Trinajstić information content (AvgIpc) is 2.90. The van der Waals surface area contributed by atoms with E-state index in [9.17, 15) is 19.2 Å². The molecule has 0 radical (unpaired) electrons. The molecule has 2 aliphatic heterocycles. The van der Waals surface area contributed by atoms with Crippen molar-refractivity contribution in [2.24, 2.45) is 5.92 Å². The summed E-state index contributed by atoms with van der Waals surface area (Å²) in [5, 5.41) is 2.77. The third-order valence-electron chi connectivity index (χ3n) is 5.55. The van der Waals surface area contributed by atoms with Crippen LogP contribution in [0.1, 0.15) is 39.0 Å². The molecule has 0 spiro atoms. The molecule has 0 aromatic carbocycles. The van der Waals surface area contributed by atoms with Gasteiger partial charge in [-0.3, -0.25) is 19.3 Å². The Morgan fingerprint density at radius 1 is 1.00 bits per heavy atom. The molecule has 5 amide bonds. The molecule has 1 saturated carbocycles. The molecule has 8 nitrogen and oxygen atoms in total. The summed E-state index contributed by atoms with van der Waals surface area (Å²) in [6.07, 6.45) is 5.25. The third kappa shape index (κ3) is 3.77. The van der Waals surface area contributed by atoms with Crippen molar-refractivity contribution in [3.05, 3.63) is 0 Å². The highest BCUT2D eigenvalue weighted by Gasteiger charge is 2.43. The largest absolute Gasteiger partial charge is 0.339 e. The molecule has 1 atom stereocenters. The van der Waals surface area contributed by atoms with Crippen molar-refractivity contribution in [2.45, 2.75) is 45.1 Å². The number of nitrogens with one attached hydrogen (secondary N) is 1. The lowest BCUT2D eigenvalue weighted by Crippen LogP contribution is -2.52. The second-order valence-corrected chi connectivity index (χ2v) is 7.14. The zero-order valence-electron chi connectivity index (χ0n) is 14.7. The first-order valence-corrected chi connectivity index (χ1v) is 9.12. The molecule has 2 heterocycles. The quantitative estimate of drug-likeness (QED) is 0.735. The first-order chi connectivity index (χ1) is 12.0. The minimum absolute atomic E-state index is 0.00322. The summed E-state index contributed by atoms with van der Waals surface area (Å²) in [5.74, 6) is -0.329. The van der Waals surface area contributed by atoms with Gasteiger partial charge in [-0.15, -0.1) is 0 Å². The van der Waals surface area contributed by atoms with E-state index in [2.05, 4.69) is 5.32 Å². The van der Waals surface area contributed by atoms with Gasteiger partial charge in [-0.1, -0.05) is 19.3 Å². The van der Waals surface area contributed by atoms with E-state index in [-0.39, 0.29) is 30.2 Å². The molecular weight excluding hydrogens is 324 g/mol. The van der Waals surface area contributed by atoms with E-state index in [0.29, 0.717) is 26.2 Å². The minimum Gasteiger partial charge on any atom is -0.339 e. The molecule has 2 saturated heterocycles. The smallest absolute Gasteiger partial charge is 0.325 e. The van der Waals surface area contributed by atoms with Crippen LogP contribution in [-0.4, -0.2) is 77.2 Å². The van der Waals surface area contributed by atoms with Crippen LogP contribution in [0.2, 0.25) is 0 Å². The zero-order valence-corrected chi connectivity index (χ0v) is 14.7. The maximum absolute atomic E-state index is 12.6. The Balaban J connectivity index is 1.55. The summed E-state index contributed by atoms with van der Waals surface area (Å²) < 4.78 is 0. The summed E-state index contributed by atoms with van der Waals surface area (Å²) in [6.45, 7) is 3.16. The van der Waals surface area contributed by atoms with E-state index in [0.717, 1.165) is 30.6 Å². The normalized spacial score (nSPS) is 25.3. The average molecular weight is 350 g/mol. The van der Waals surface area contributed by atoms with Gasteiger partial charge in [0.15, 0.2) is 0 Å². The van der Waals surface area contributed by atoms with Gasteiger partial charge in [-0.2, -0.15) is 0 Å². The highest BCUT2D eigenvalue weighted by molar-refractivity contribution is 6.06. The Hall–Kier alpha value is -2.12. The second kappa shape index (κ2) is 7.41. The Bertz CT molecular complexity index is 565. The fraction of sp³-hybridized carbons (Fsp3) is 0.765. The predicted molar refractivity (Wildman–Crippen MR) is 89.4 cm³/mol. The first-order valence-electron chi connectivity index (χ1n) is 9.12. The Morgan fingerprint density at radius 2 is 1.60 bits per heavy atom. The van der Waals surface area contributed by atoms with Crippen LogP contribution in [0.5, 0.6) is 0 Å². The maximum Gasteiger partial charge on any atom is 0.325 e. The lowest BCUT2D eigenvalue weighted by atomic mass is 9.84. The summed E-state index contributed by atoms with van der Waals surface area (Å²) in [7, 11) is 0. The third-order valence-corrected chi connectivity index (χ3v) is 5.55. The van der Waals surface area contributed by atoms with Crippen molar-refractivity contribution in [2.75, 3.05) is 32.7 Å². The number of imide groups is 1. The molecule has 3 rings (SSSR count). The molecule has 0 bridgehead atoms. The molecule has 8 heteroatoms. The number of carbonyl (C=O) groups excluding carboxylic acids is 4. The fourth-order valence-electron chi connectivity index (χ4n) is 3.98. The van der Waals surface area contributed by atoms with Crippen molar-refractivity contribution in [3.63, 3.8) is 0 Å². The fourth-order valence-corrected chi connectivity index (χ4v) is 3.98. The van der Waals surface area contributed by atoms with Gasteiger partial charge < -0.3 is 15.1 Å². The first kappa shape index (κ1) is 17.7. The zero-order chi connectivity index (χ0) is 18.0. The number of piperazine rings is 1. The van der Waals surface area contributed by atoms with Gasteiger partial charge in [0.05, 0.1) is 0 Å². The molecule has 0 unspecified atom stereocenters. The van der Waals surface area contributed by atoms with Crippen molar-refractivity contribution < 1.29 is 19.2 Å². The van der Waals surface area contributed by atoms with Gasteiger partial charge >= 0.3 is 6.03 Å². The molecule has 1 aliphatic carbocycles. The lowest BCUT2D eigenvalue weighted by molar-refractivity contribution is -0.141. The number of hydrogen-bond donors (Lipinski definition) is 1. The van der Waals surface area contributed by atoms with E-state index in [1.54, 1.807) is 9.80 Å². The van der Waals surface area contributed by atoms with Crippen LogP contribution in [0.15, 0.2) is 0 Å². The Labute approximate surface area is 147 Å². The highest BCUT2D eigenvalue weighted by atomic mass is 16.2. The summed E-state index contributed by atoms with van der Waals surface area (Å²) >= 11 is 0. The summed E-state index contributed by atoms with van der Waals surface area (Å²) in [4.78, 5) is 52.9. The van der Waals surface area contributed by atoms with Crippen molar-refractivity contribution >= 4 is 23.8 Å². The summed E-state index contributed by atoms with van der Waals surface area (Å²) in [6, 6.07) is -0.938. The van der Waals surface area contributed by atoms with Gasteiger partial charge in [0.25, 0.3) is 5.91 Å². The van der Waals surface area contributed by atoms with E-state index < -0.39 is 12.1 Å². The molecule has 0 aromatic rings. The topological polar surface area (TPSA) is 90.0 Å². The molecule has 3 aliphatic rings. The van der Waals surface area contributed by atoms with Crippen LogP contribution in [0, 0.1) is 5.92 Å². The number of hydrogen-bond acceptors (Lipinski definition) is 4. The molecule has 138 valence electrons. The maximum atomic E-state index is 12.6. The van der Waals surface area contributed by atoms with Gasteiger partial charge in [0.2, 0.25) is 11.8 Å². The molecule has 0 aromatic heterocycles. The number of amides is 5. The highest BCUT2D eigenvalue weighted by Crippen LogP contribution is 2.29. The van der Waals surface area contributed by atoms with E-state index in [4.69, 9.17) is 0 Å². The van der Waals surface area contributed by atoms with E-state index in [1.807, 2.05) is 0 Å². The molecular formula is C17H26N4O4. The standard InChI is InChI=1S/C17H26N4O4/c1-12(22)19-7-9-20(10-8-19)14(23)11-21-16(24)15(18-17(21)25)13-5-3-2-4-6-13/h13,15H,2-11H2,1H3,(H,18,25)/t15-/m1/s1. The van der Waals surface area contributed by atoms with Crippen LogP contribution in [-0.2, 0) is 14.4 Å². The minimum atomic E-state index is -0.477. The van der Waals surface area contributed by atoms with Crippen molar-refractivity contribution in [3.8, 4) is 0 Å². The van der Waals surface area contributed by atoms with Crippen LogP contribution in [0.4, 0.5) is 4.79 Å². The van der Waals surface area contributed by atoms with E-state index >= 15 is 0 Å². The van der Waals surface area contributed by atoms with Crippen LogP contribution in [0.3, 0.4) is 0 Å². The van der Waals surface area contributed by atoms with Crippen molar-refractivity contribution in [1.29, 1.82) is 0 Å². The predicted octanol–water partition coefficient (Wildman–Crippen LogP) is 0.178. The lowest BCUT2D eigenvalue weighted by Gasteiger charge is -2.34. The number of nitrogens with zero attached hydrogens (tertiary/aromatic N) is 3. The van der Waals surface area contributed by atoms with Gasteiger partial charge in [0, 0.05) is 33.1 Å². The summed E-state index contributed by atoms with van der Waals surface area (Å²) in [5.41, 5.74) is 0. The van der Waals surface area contributed by atoms with Crippen LogP contribution < -0.4 is 5.32 Å². The number of rotatable bonds is 3. The van der Waals surface area contributed by atoms with Crippen molar-refractivity contribution in [1.82, 2.24) is 20.0 Å². The number of urea groups is 1.